The quantitative estimate of drug-likeness (QED) is 0.555. The maximum atomic E-state index is 13.7. The normalized spacial score (nSPS) is 17.5. The second-order valence-electron chi connectivity index (χ2n) is 8.31. The summed E-state index contributed by atoms with van der Waals surface area (Å²) in [7, 11) is 0. The minimum atomic E-state index is -0.907. The van der Waals surface area contributed by atoms with Crippen molar-refractivity contribution in [1.29, 1.82) is 0 Å². The molecule has 1 aromatic heterocycles. The molecule has 180 valence electrons. The first-order valence-electron chi connectivity index (χ1n) is 11.2. The Morgan fingerprint density at radius 1 is 1.06 bits per heavy atom. The Labute approximate surface area is 206 Å². The van der Waals surface area contributed by atoms with Crippen LogP contribution in [0.2, 0.25) is 5.02 Å². The van der Waals surface area contributed by atoms with Gasteiger partial charge < -0.3 is 14.4 Å². The van der Waals surface area contributed by atoms with E-state index in [0.717, 1.165) is 0 Å². The van der Waals surface area contributed by atoms with E-state index in [4.69, 9.17) is 21.1 Å². The zero-order valence-electron chi connectivity index (χ0n) is 19.0. The van der Waals surface area contributed by atoms with Crippen LogP contribution in [0.3, 0.4) is 0 Å². The number of morpholine rings is 1. The van der Waals surface area contributed by atoms with Gasteiger partial charge in [-0.25, -0.2) is 4.68 Å². The molecule has 2 aliphatic rings. The fraction of sp³-hybridized carbons (Fsp3) is 0.280. The average Bonchev–Trinajstić information content (AvgIpc) is 2.88. The minimum absolute atomic E-state index is 0.0397. The number of carbonyl (C=O) groups excluding carboxylic acids is 2. The van der Waals surface area contributed by atoms with Crippen molar-refractivity contribution in [2.24, 2.45) is 0 Å². The highest BCUT2D eigenvalue weighted by molar-refractivity contribution is 6.30. The molecule has 0 bridgehead atoms. The van der Waals surface area contributed by atoms with Crippen LogP contribution >= 0.6 is 11.6 Å². The van der Waals surface area contributed by atoms with Gasteiger partial charge in [-0.05, 0) is 43.3 Å². The van der Waals surface area contributed by atoms with Crippen molar-refractivity contribution in [3.8, 4) is 11.4 Å². The van der Waals surface area contributed by atoms with Crippen LogP contribution in [0.15, 0.2) is 59.4 Å². The lowest BCUT2D eigenvalue weighted by Gasteiger charge is -2.37. The van der Waals surface area contributed by atoms with Gasteiger partial charge in [-0.15, -0.1) is 0 Å². The van der Waals surface area contributed by atoms with Crippen molar-refractivity contribution in [2.45, 2.75) is 13.0 Å². The van der Waals surface area contributed by atoms with Crippen LogP contribution in [0.25, 0.3) is 5.69 Å². The molecule has 0 saturated carbocycles. The molecule has 1 unspecified atom stereocenters. The third kappa shape index (κ3) is 4.52. The second-order valence-corrected chi connectivity index (χ2v) is 8.75. The van der Waals surface area contributed by atoms with E-state index >= 15 is 0 Å². The highest BCUT2D eigenvalue weighted by atomic mass is 35.5. The molecule has 9 nitrogen and oxygen atoms in total. The number of nitrogens with zero attached hydrogens (tertiary/aromatic N) is 4. The van der Waals surface area contributed by atoms with Crippen LogP contribution in [0.1, 0.15) is 16.2 Å². The molecule has 0 spiro atoms. The first-order valence-corrected chi connectivity index (χ1v) is 11.6. The zero-order chi connectivity index (χ0) is 24.5. The lowest BCUT2D eigenvalue weighted by atomic mass is 10.1. The number of para-hydroxylation sites is 2. The number of carbonyl (C=O) groups is 2. The van der Waals surface area contributed by atoms with Gasteiger partial charge in [0.25, 0.3) is 11.8 Å². The summed E-state index contributed by atoms with van der Waals surface area (Å²) in [5.41, 5.74) is 0.946. The van der Waals surface area contributed by atoms with Crippen molar-refractivity contribution in [3.05, 3.63) is 81.2 Å². The van der Waals surface area contributed by atoms with Gasteiger partial charge in [0.2, 0.25) is 5.43 Å². The van der Waals surface area contributed by atoms with Gasteiger partial charge in [-0.1, -0.05) is 23.7 Å². The Balaban J connectivity index is 1.51. The van der Waals surface area contributed by atoms with Crippen molar-refractivity contribution in [3.63, 3.8) is 0 Å². The van der Waals surface area contributed by atoms with Crippen LogP contribution in [-0.4, -0.2) is 65.4 Å². The summed E-state index contributed by atoms with van der Waals surface area (Å²) in [5, 5.41) is 4.96. The molecule has 2 aliphatic heterocycles. The first kappa shape index (κ1) is 23.1. The SMILES string of the molecule is Cc1cc(=O)c(C(=O)N2CC(C(=O)N3CCOCC3)Oc3ccccc32)nn1-c1ccc(Cl)cc1. The lowest BCUT2D eigenvalue weighted by molar-refractivity contribution is -0.142. The lowest BCUT2D eigenvalue weighted by Crippen LogP contribution is -2.54. The van der Waals surface area contributed by atoms with Gasteiger partial charge in [-0.2, -0.15) is 5.10 Å². The first-order chi connectivity index (χ1) is 16.9. The maximum Gasteiger partial charge on any atom is 0.283 e. The van der Waals surface area contributed by atoms with E-state index in [2.05, 4.69) is 5.10 Å². The Kier molecular flexibility index (Phi) is 6.27. The van der Waals surface area contributed by atoms with Crippen LogP contribution in [0.5, 0.6) is 5.75 Å². The van der Waals surface area contributed by atoms with Crippen LogP contribution in [0.4, 0.5) is 5.69 Å². The molecule has 2 amide bonds. The van der Waals surface area contributed by atoms with Crippen LogP contribution in [-0.2, 0) is 9.53 Å². The highest BCUT2D eigenvalue weighted by Crippen LogP contribution is 2.34. The summed E-state index contributed by atoms with van der Waals surface area (Å²) in [4.78, 5) is 42.8. The summed E-state index contributed by atoms with van der Waals surface area (Å²) < 4.78 is 12.8. The molecular formula is C25H23ClN4O5. The smallest absolute Gasteiger partial charge is 0.283 e. The van der Waals surface area contributed by atoms with Gasteiger partial charge in [0.15, 0.2) is 11.8 Å². The number of hydrogen-bond acceptors (Lipinski definition) is 6. The Morgan fingerprint density at radius 2 is 1.77 bits per heavy atom. The molecule has 1 saturated heterocycles. The van der Waals surface area contributed by atoms with Crippen LogP contribution < -0.4 is 15.1 Å². The predicted octanol–water partition coefficient (Wildman–Crippen LogP) is 2.46. The van der Waals surface area contributed by atoms with Gasteiger partial charge in [-0.3, -0.25) is 19.3 Å². The predicted molar refractivity (Wildman–Crippen MR) is 130 cm³/mol. The number of amides is 2. The van der Waals surface area contributed by atoms with Gasteiger partial charge in [0.1, 0.15) is 5.75 Å². The minimum Gasteiger partial charge on any atom is -0.476 e. The molecule has 1 atom stereocenters. The summed E-state index contributed by atoms with van der Waals surface area (Å²) >= 11 is 6.00. The number of hydrogen-bond donors (Lipinski definition) is 0. The van der Waals surface area contributed by atoms with E-state index in [1.807, 2.05) is 0 Å². The zero-order valence-corrected chi connectivity index (χ0v) is 19.8. The van der Waals surface area contributed by atoms with E-state index in [1.54, 1.807) is 60.4 Å². The molecule has 5 rings (SSSR count). The van der Waals surface area contributed by atoms with Gasteiger partial charge in [0, 0.05) is 29.9 Å². The number of benzene rings is 2. The monoisotopic (exact) mass is 494 g/mol. The topological polar surface area (TPSA) is 94.0 Å². The van der Waals surface area contributed by atoms with Crippen molar-refractivity contribution >= 4 is 29.1 Å². The number of fused-ring (bicyclic) bond motifs is 1. The van der Waals surface area contributed by atoms with Crippen molar-refractivity contribution < 1.29 is 19.1 Å². The molecule has 2 aromatic carbocycles. The van der Waals surface area contributed by atoms with Crippen LogP contribution in [0, 0.1) is 6.92 Å². The van der Waals surface area contributed by atoms with E-state index < -0.39 is 17.4 Å². The van der Waals surface area contributed by atoms with Gasteiger partial charge in [0.05, 0.1) is 31.1 Å². The standard InChI is InChI=1S/C25H23ClN4O5/c1-16-14-20(31)23(27-30(16)18-8-6-17(26)7-9-18)25(33)29-15-22(24(32)28-10-12-34-13-11-28)35-21-5-3-2-4-19(21)29/h2-9,14,22H,10-13,15H2,1H3. The number of aryl methyl sites for hydroxylation is 1. The Bertz CT molecular complexity index is 1330. The van der Waals surface area contributed by atoms with Crippen molar-refractivity contribution in [2.75, 3.05) is 37.7 Å². The molecule has 35 heavy (non-hydrogen) atoms. The molecule has 3 aromatic rings. The Morgan fingerprint density at radius 3 is 2.51 bits per heavy atom. The third-order valence-corrected chi connectivity index (χ3v) is 6.25. The number of anilines is 1. The van der Waals surface area contributed by atoms with E-state index in [9.17, 15) is 14.4 Å². The number of aromatic nitrogens is 2. The molecule has 0 N–H and O–H groups in total. The Hall–Kier alpha value is -3.69. The number of halogens is 1. The van der Waals surface area contributed by atoms with Crippen molar-refractivity contribution in [1.82, 2.24) is 14.7 Å². The summed E-state index contributed by atoms with van der Waals surface area (Å²) in [6.07, 6.45) is -0.907. The van der Waals surface area contributed by atoms with E-state index in [0.29, 0.717) is 54.1 Å². The van der Waals surface area contributed by atoms with E-state index in [-0.39, 0.29) is 18.1 Å². The maximum absolute atomic E-state index is 13.7. The summed E-state index contributed by atoms with van der Waals surface area (Å²) in [5.74, 6) is -0.437. The summed E-state index contributed by atoms with van der Waals surface area (Å²) in [6, 6.07) is 15.2. The largest absolute Gasteiger partial charge is 0.476 e. The molecule has 0 aliphatic carbocycles. The second kappa shape index (κ2) is 9.52. The number of rotatable bonds is 3. The number of ether oxygens (including phenoxy) is 2. The summed E-state index contributed by atoms with van der Waals surface area (Å²) in [6.45, 7) is 3.52. The fourth-order valence-electron chi connectivity index (χ4n) is 4.21. The van der Waals surface area contributed by atoms with Gasteiger partial charge >= 0.3 is 0 Å². The average molecular weight is 495 g/mol. The van der Waals surface area contributed by atoms with E-state index in [1.165, 1.54) is 15.6 Å². The molecular weight excluding hydrogens is 472 g/mol. The molecule has 0 radical (unpaired) electrons. The molecule has 1 fully saturated rings. The molecule has 10 heteroatoms. The third-order valence-electron chi connectivity index (χ3n) is 6.00. The molecule has 3 heterocycles. The highest BCUT2D eigenvalue weighted by Gasteiger charge is 2.37. The fourth-order valence-corrected chi connectivity index (χ4v) is 4.34.